The van der Waals surface area contributed by atoms with Gasteiger partial charge in [0, 0.05) is 41.8 Å². The summed E-state index contributed by atoms with van der Waals surface area (Å²) < 4.78 is 0. The first-order valence-electron chi connectivity index (χ1n) is 9.57. The number of thiophene rings is 1. The second-order valence-corrected chi connectivity index (χ2v) is 8.42. The number of aryl methyl sites for hydroxylation is 2. The average molecular weight is 388 g/mol. The Labute approximate surface area is 168 Å². The molecule has 0 aromatic carbocycles. The Kier molecular flexibility index (Phi) is 4.28. The fourth-order valence-electron chi connectivity index (χ4n) is 4.00. The van der Waals surface area contributed by atoms with Crippen molar-refractivity contribution in [2.45, 2.75) is 32.7 Å². The van der Waals surface area contributed by atoms with Gasteiger partial charge in [0.15, 0.2) is 5.82 Å². The standard InChI is InChI=1S/C22H21N5S/c1-14-15(2)28-22-19(14)21(25-20(26-22)17-7-4-10-24-13-17)27-11-5-8-18(27)16-6-3-9-23-12-16/h3-4,6-7,9-10,12-13,18H,5,8,11H2,1-2H3. The highest BCUT2D eigenvalue weighted by atomic mass is 32.1. The van der Waals surface area contributed by atoms with Gasteiger partial charge in [0.25, 0.3) is 0 Å². The van der Waals surface area contributed by atoms with Gasteiger partial charge in [-0.15, -0.1) is 11.3 Å². The van der Waals surface area contributed by atoms with Crippen LogP contribution in [0, 0.1) is 13.8 Å². The Morgan fingerprint density at radius 3 is 2.61 bits per heavy atom. The van der Waals surface area contributed by atoms with Crippen LogP contribution >= 0.6 is 11.3 Å². The fourth-order valence-corrected chi connectivity index (χ4v) is 5.02. The van der Waals surface area contributed by atoms with E-state index in [1.54, 1.807) is 17.5 Å². The van der Waals surface area contributed by atoms with Crippen LogP contribution in [0.15, 0.2) is 49.1 Å². The van der Waals surface area contributed by atoms with Crippen molar-refractivity contribution < 1.29 is 0 Å². The molecule has 140 valence electrons. The second kappa shape index (κ2) is 6.95. The lowest BCUT2D eigenvalue weighted by Crippen LogP contribution is -2.24. The number of rotatable bonds is 3. The molecule has 0 saturated carbocycles. The van der Waals surface area contributed by atoms with E-state index in [-0.39, 0.29) is 0 Å². The molecule has 0 aliphatic carbocycles. The van der Waals surface area contributed by atoms with Crippen LogP contribution in [0.25, 0.3) is 21.6 Å². The number of fused-ring (bicyclic) bond motifs is 1. The topological polar surface area (TPSA) is 54.8 Å². The van der Waals surface area contributed by atoms with Crippen LogP contribution < -0.4 is 4.90 Å². The van der Waals surface area contributed by atoms with E-state index < -0.39 is 0 Å². The minimum atomic E-state index is 0.299. The van der Waals surface area contributed by atoms with Crippen LogP contribution in [0.5, 0.6) is 0 Å². The summed E-state index contributed by atoms with van der Waals surface area (Å²) in [5.74, 6) is 1.78. The minimum Gasteiger partial charge on any atom is -0.349 e. The molecule has 1 unspecified atom stereocenters. The molecule has 0 N–H and O–H groups in total. The molecule has 0 spiro atoms. The van der Waals surface area contributed by atoms with Crippen molar-refractivity contribution in [2.75, 3.05) is 11.4 Å². The number of hydrogen-bond donors (Lipinski definition) is 0. The normalized spacial score (nSPS) is 16.8. The highest BCUT2D eigenvalue weighted by Gasteiger charge is 2.30. The maximum atomic E-state index is 5.06. The Morgan fingerprint density at radius 1 is 1.04 bits per heavy atom. The summed E-state index contributed by atoms with van der Waals surface area (Å²) >= 11 is 1.75. The summed E-state index contributed by atoms with van der Waals surface area (Å²) in [5, 5.41) is 1.19. The van der Waals surface area contributed by atoms with Gasteiger partial charge in [-0.3, -0.25) is 9.97 Å². The maximum Gasteiger partial charge on any atom is 0.164 e. The number of hydrogen-bond acceptors (Lipinski definition) is 6. The average Bonchev–Trinajstić information content (AvgIpc) is 3.34. The Bertz CT molecular complexity index is 1120. The molecule has 5 rings (SSSR count). The molecule has 5 nitrogen and oxygen atoms in total. The molecule has 0 amide bonds. The Balaban J connectivity index is 1.71. The number of pyridine rings is 2. The molecule has 4 aromatic heterocycles. The first-order chi connectivity index (χ1) is 13.7. The van der Waals surface area contributed by atoms with Gasteiger partial charge in [0.05, 0.1) is 11.4 Å². The molecule has 4 aromatic rings. The van der Waals surface area contributed by atoms with Crippen LogP contribution in [0.3, 0.4) is 0 Å². The lowest BCUT2D eigenvalue weighted by Gasteiger charge is -2.27. The van der Waals surface area contributed by atoms with Gasteiger partial charge in [0.1, 0.15) is 10.6 Å². The van der Waals surface area contributed by atoms with Gasteiger partial charge >= 0.3 is 0 Å². The van der Waals surface area contributed by atoms with Gasteiger partial charge in [-0.2, -0.15) is 0 Å². The van der Waals surface area contributed by atoms with Crippen molar-refractivity contribution in [3.05, 3.63) is 65.1 Å². The molecule has 1 atom stereocenters. The van der Waals surface area contributed by atoms with Crippen LogP contribution in [0.2, 0.25) is 0 Å². The van der Waals surface area contributed by atoms with Gasteiger partial charge < -0.3 is 4.90 Å². The molecule has 5 heterocycles. The van der Waals surface area contributed by atoms with E-state index in [0.29, 0.717) is 6.04 Å². The number of aromatic nitrogens is 4. The van der Waals surface area contributed by atoms with Crippen molar-refractivity contribution in [1.29, 1.82) is 0 Å². The number of nitrogens with zero attached hydrogens (tertiary/aromatic N) is 5. The molecule has 0 bridgehead atoms. The van der Waals surface area contributed by atoms with Crippen LogP contribution in [0.1, 0.15) is 34.9 Å². The Hall–Kier alpha value is -2.86. The third-order valence-electron chi connectivity index (χ3n) is 5.52. The van der Waals surface area contributed by atoms with Crippen molar-refractivity contribution in [3.8, 4) is 11.4 Å². The third kappa shape index (κ3) is 2.85. The van der Waals surface area contributed by atoms with E-state index >= 15 is 0 Å². The van der Waals surface area contributed by atoms with Gasteiger partial charge in [0.2, 0.25) is 0 Å². The highest BCUT2D eigenvalue weighted by molar-refractivity contribution is 7.18. The van der Waals surface area contributed by atoms with Crippen LogP contribution in [-0.2, 0) is 0 Å². The fraction of sp³-hybridized carbons (Fsp3) is 0.273. The predicted molar refractivity (Wildman–Crippen MR) is 114 cm³/mol. The zero-order valence-electron chi connectivity index (χ0n) is 16.0. The monoisotopic (exact) mass is 387 g/mol. The molecular weight excluding hydrogens is 366 g/mol. The minimum absolute atomic E-state index is 0.299. The first-order valence-corrected chi connectivity index (χ1v) is 10.4. The smallest absolute Gasteiger partial charge is 0.164 e. The lowest BCUT2D eigenvalue weighted by atomic mass is 10.1. The Morgan fingerprint density at radius 2 is 1.86 bits per heavy atom. The van der Waals surface area contributed by atoms with Gasteiger partial charge in [-0.05, 0) is 56.0 Å². The SMILES string of the molecule is Cc1sc2nc(-c3cccnc3)nc(N3CCCC3c3cccnc3)c2c1C. The summed E-state index contributed by atoms with van der Waals surface area (Å²) in [6.45, 7) is 5.34. The highest BCUT2D eigenvalue weighted by Crippen LogP contribution is 2.42. The molecular formula is C22H21N5S. The molecule has 1 aliphatic heterocycles. The summed E-state index contributed by atoms with van der Waals surface area (Å²) in [6, 6.07) is 8.44. The quantitative estimate of drug-likeness (QED) is 0.489. The predicted octanol–water partition coefficient (Wildman–Crippen LogP) is 5.11. The maximum absolute atomic E-state index is 5.06. The van der Waals surface area contributed by atoms with Crippen LogP contribution in [0.4, 0.5) is 5.82 Å². The van der Waals surface area contributed by atoms with Gasteiger partial charge in [-0.1, -0.05) is 6.07 Å². The van der Waals surface area contributed by atoms with E-state index in [4.69, 9.17) is 9.97 Å². The largest absolute Gasteiger partial charge is 0.349 e. The van der Waals surface area contributed by atoms with Crippen molar-refractivity contribution >= 4 is 27.4 Å². The van der Waals surface area contributed by atoms with Crippen molar-refractivity contribution in [3.63, 3.8) is 0 Å². The summed E-state index contributed by atoms with van der Waals surface area (Å²) in [5.41, 5.74) is 3.48. The van der Waals surface area contributed by atoms with E-state index in [2.05, 4.69) is 34.8 Å². The van der Waals surface area contributed by atoms with E-state index in [1.165, 1.54) is 21.4 Å². The summed E-state index contributed by atoms with van der Waals surface area (Å²) in [7, 11) is 0. The molecule has 1 fully saturated rings. The van der Waals surface area contributed by atoms with Crippen molar-refractivity contribution in [1.82, 2.24) is 19.9 Å². The zero-order valence-corrected chi connectivity index (χ0v) is 16.8. The van der Waals surface area contributed by atoms with E-state index in [0.717, 1.165) is 41.4 Å². The molecule has 1 saturated heterocycles. The molecule has 6 heteroatoms. The number of anilines is 1. The van der Waals surface area contributed by atoms with Crippen LogP contribution in [-0.4, -0.2) is 26.5 Å². The van der Waals surface area contributed by atoms with Crippen molar-refractivity contribution in [2.24, 2.45) is 0 Å². The summed E-state index contributed by atoms with van der Waals surface area (Å²) in [6.07, 6.45) is 9.69. The molecule has 1 aliphatic rings. The summed E-state index contributed by atoms with van der Waals surface area (Å²) in [4.78, 5) is 23.3. The lowest BCUT2D eigenvalue weighted by molar-refractivity contribution is 0.710. The molecule has 28 heavy (non-hydrogen) atoms. The zero-order chi connectivity index (χ0) is 19.1. The second-order valence-electron chi connectivity index (χ2n) is 7.21. The van der Waals surface area contributed by atoms with E-state index in [1.807, 2.05) is 36.8 Å². The van der Waals surface area contributed by atoms with E-state index in [9.17, 15) is 0 Å². The first kappa shape index (κ1) is 17.3. The molecule has 0 radical (unpaired) electrons. The third-order valence-corrected chi connectivity index (χ3v) is 6.62. The van der Waals surface area contributed by atoms with Gasteiger partial charge in [-0.25, -0.2) is 9.97 Å².